The van der Waals surface area contributed by atoms with Gasteiger partial charge in [-0.1, -0.05) is 20.8 Å². The minimum Gasteiger partial charge on any atom is -0.387 e. The number of hydrogen-bond acceptors (Lipinski definition) is 1. The summed E-state index contributed by atoms with van der Waals surface area (Å²) in [6.07, 6.45) is -3.56. The number of rotatable bonds is 3. The Morgan fingerprint density at radius 1 is 1.20 bits per heavy atom. The monoisotopic (exact) mass is 228 g/mol. The molecule has 0 amide bonds. The summed E-state index contributed by atoms with van der Waals surface area (Å²) in [5.74, 6) is -7.11. The molecule has 0 aliphatic heterocycles. The largest absolute Gasteiger partial charge is 0.387 e. The average Bonchev–Trinajstić information content (AvgIpc) is 1.98. The Bertz CT molecular complexity index is 242. The lowest BCUT2D eigenvalue weighted by Crippen LogP contribution is -2.60. The van der Waals surface area contributed by atoms with Crippen LogP contribution in [0, 0.1) is 11.3 Å². The van der Waals surface area contributed by atoms with Gasteiger partial charge in [0, 0.05) is 18.3 Å². The van der Waals surface area contributed by atoms with Crippen LogP contribution in [0.5, 0.6) is 0 Å². The highest BCUT2D eigenvalue weighted by atomic mass is 19.3. The first-order valence-corrected chi connectivity index (χ1v) is 4.96. The van der Waals surface area contributed by atoms with Gasteiger partial charge in [0.2, 0.25) is 5.92 Å². The molecule has 0 radical (unpaired) electrons. The molecule has 5 heteroatoms. The second kappa shape index (κ2) is 3.34. The third kappa shape index (κ3) is 1.98. The first-order chi connectivity index (χ1) is 6.52. The zero-order valence-electron chi connectivity index (χ0n) is 9.03. The van der Waals surface area contributed by atoms with Crippen molar-refractivity contribution in [3.8, 4) is 0 Å². The SMILES string of the molecule is CC(C)C(O)C(F)(F)C1(C)CC(F)(F)C1. The van der Waals surface area contributed by atoms with Crippen LogP contribution in [-0.2, 0) is 0 Å². The van der Waals surface area contributed by atoms with Gasteiger partial charge in [-0.2, -0.15) is 0 Å². The Kier molecular flexibility index (Phi) is 2.83. The molecule has 1 unspecified atom stereocenters. The van der Waals surface area contributed by atoms with Crippen LogP contribution in [0.15, 0.2) is 0 Å². The van der Waals surface area contributed by atoms with Crippen molar-refractivity contribution in [2.75, 3.05) is 0 Å². The van der Waals surface area contributed by atoms with Crippen molar-refractivity contribution in [3.05, 3.63) is 0 Å². The number of alkyl halides is 4. The van der Waals surface area contributed by atoms with Crippen molar-refractivity contribution < 1.29 is 22.7 Å². The van der Waals surface area contributed by atoms with E-state index in [1.165, 1.54) is 13.8 Å². The first kappa shape index (κ1) is 12.7. The quantitative estimate of drug-likeness (QED) is 0.736. The average molecular weight is 228 g/mol. The molecular formula is C10H16F4O. The van der Waals surface area contributed by atoms with Gasteiger partial charge in [0.05, 0.1) is 0 Å². The normalized spacial score (nSPS) is 26.2. The smallest absolute Gasteiger partial charge is 0.279 e. The van der Waals surface area contributed by atoms with Gasteiger partial charge >= 0.3 is 0 Å². The predicted octanol–water partition coefficient (Wildman–Crippen LogP) is 3.07. The van der Waals surface area contributed by atoms with Gasteiger partial charge in [-0.3, -0.25) is 0 Å². The maximum absolute atomic E-state index is 13.7. The van der Waals surface area contributed by atoms with Crippen LogP contribution < -0.4 is 0 Å². The molecule has 0 saturated heterocycles. The zero-order valence-corrected chi connectivity index (χ0v) is 9.03. The van der Waals surface area contributed by atoms with Gasteiger partial charge in [0.1, 0.15) is 6.10 Å². The highest BCUT2D eigenvalue weighted by Gasteiger charge is 2.67. The van der Waals surface area contributed by atoms with E-state index in [2.05, 4.69) is 0 Å². The zero-order chi connectivity index (χ0) is 12.1. The van der Waals surface area contributed by atoms with E-state index in [0.29, 0.717) is 0 Å². The Balaban J connectivity index is 2.79. The first-order valence-electron chi connectivity index (χ1n) is 4.96. The second-order valence-corrected chi connectivity index (χ2v) is 5.08. The van der Waals surface area contributed by atoms with Gasteiger partial charge < -0.3 is 5.11 Å². The van der Waals surface area contributed by atoms with Crippen LogP contribution in [0.3, 0.4) is 0 Å². The van der Waals surface area contributed by atoms with E-state index < -0.39 is 42.1 Å². The lowest BCUT2D eigenvalue weighted by Gasteiger charge is -2.51. The molecule has 0 aromatic heterocycles. The summed E-state index contributed by atoms with van der Waals surface area (Å²) >= 11 is 0. The van der Waals surface area contributed by atoms with E-state index in [4.69, 9.17) is 0 Å². The molecule has 0 spiro atoms. The lowest BCUT2D eigenvalue weighted by molar-refractivity contribution is -0.283. The Labute approximate surface area is 86.5 Å². The highest BCUT2D eigenvalue weighted by Crippen LogP contribution is 2.60. The fourth-order valence-corrected chi connectivity index (χ4v) is 2.10. The number of aliphatic hydroxyl groups excluding tert-OH is 1. The van der Waals surface area contributed by atoms with Crippen LogP contribution in [0.2, 0.25) is 0 Å². The molecule has 0 heterocycles. The van der Waals surface area contributed by atoms with E-state index in [-0.39, 0.29) is 0 Å². The van der Waals surface area contributed by atoms with E-state index in [1.807, 2.05) is 0 Å². The summed E-state index contributed by atoms with van der Waals surface area (Å²) in [7, 11) is 0. The molecular weight excluding hydrogens is 212 g/mol. The molecule has 1 aliphatic rings. The van der Waals surface area contributed by atoms with Crippen molar-refractivity contribution in [3.63, 3.8) is 0 Å². The number of aliphatic hydroxyl groups is 1. The molecule has 15 heavy (non-hydrogen) atoms. The van der Waals surface area contributed by atoms with Gasteiger partial charge in [0.15, 0.2) is 0 Å². The summed E-state index contributed by atoms with van der Waals surface area (Å²) < 4.78 is 52.5. The van der Waals surface area contributed by atoms with Crippen LogP contribution in [-0.4, -0.2) is 23.1 Å². The number of hydrogen-bond donors (Lipinski definition) is 1. The number of halogens is 4. The third-order valence-electron chi connectivity index (χ3n) is 3.11. The van der Waals surface area contributed by atoms with Crippen LogP contribution in [0.25, 0.3) is 0 Å². The molecule has 0 aromatic carbocycles. The molecule has 1 fully saturated rings. The Morgan fingerprint density at radius 2 is 1.60 bits per heavy atom. The van der Waals surface area contributed by atoms with E-state index in [1.54, 1.807) is 0 Å². The molecule has 1 N–H and O–H groups in total. The predicted molar refractivity (Wildman–Crippen MR) is 48.1 cm³/mol. The topological polar surface area (TPSA) is 20.2 Å². The van der Waals surface area contributed by atoms with Crippen LogP contribution in [0.1, 0.15) is 33.6 Å². The van der Waals surface area contributed by atoms with Crippen molar-refractivity contribution in [2.24, 2.45) is 11.3 Å². The minimum absolute atomic E-state index is 0.647. The van der Waals surface area contributed by atoms with Gasteiger partial charge in [0.25, 0.3) is 5.92 Å². The van der Waals surface area contributed by atoms with Gasteiger partial charge in [-0.25, -0.2) is 17.6 Å². The second-order valence-electron chi connectivity index (χ2n) is 5.08. The summed E-state index contributed by atoms with van der Waals surface area (Å²) in [5.41, 5.74) is -1.78. The van der Waals surface area contributed by atoms with Gasteiger partial charge in [-0.05, 0) is 5.92 Å². The standard InChI is InChI=1S/C10H16F4O/c1-6(2)7(15)10(13,14)8(3)4-9(11,12)5-8/h6-7,15H,4-5H2,1-3H3. The summed E-state index contributed by atoms with van der Waals surface area (Å²) in [6.45, 7) is 3.99. The third-order valence-corrected chi connectivity index (χ3v) is 3.11. The van der Waals surface area contributed by atoms with E-state index in [9.17, 15) is 22.7 Å². The minimum atomic E-state index is -3.46. The summed E-state index contributed by atoms with van der Waals surface area (Å²) in [4.78, 5) is 0. The van der Waals surface area contributed by atoms with Crippen molar-refractivity contribution in [1.29, 1.82) is 0 Å². The Morgan fingerprint density at radius 3 is 1.87 bits per heavy atom. The van der Waals surface area contributed by atoms with Crippen LogP contribution >= 0.6 is 0 Å². The molecule has 90 valence electrons. The maximum atomic E-state index is 13.7. The Hall–Kier alpha value is -0.320. The van der Waals surface area contributed by atoms with Crippen molar-refractivity contribution in [1.82, 2.24) is 0 Å². The lowest BCUT2D eigenvalue weighted by atomic mass is 9.61. The highest BCUT2D eigenvalue weighted by molar-refractivity contribution is 5.06. The van der Waals surface area contributed by atoms with Crippen LogP contribution in [0.4, 0.5) is 17.6 Å². The fraction of sp³-hybridized carbons (Fsp3) is 1.00. The molecule has 1 aliphatic carbocycles. The summed E-state index contributed by atoms with van der Waals surface area (Å²) in [6, 6.07) is 0. The molecule has 1 saturated carbocycles. The molecule has 1 nitrogen and oxygen atoms in total. The van der Waals surface area contributed by atoms with E-state index >= 15 is 0 Å². The fourth-order valence-electron chi connectivity index (χ4n) is 2.10. The van der Waals surface area contributed by atoms with E-state index in [0.717, 1.165) is 6.92 Å². The molecule has 1 rings (SSSR count). The molecule has 0 bridgehead atoms. The molecule has 0 aromatic rings. The molecule has 1 atom stereocenters. The van der Waals surface area contributed by atoms with Crippen molar-refractivity contribution >= 4 is 0 Å². The maximum Gasteiger partial charge on any atom is 0.279 e. The summed E-state index contributed by atoms with van der Waals surface area (Å²) in [5, 5.41) is 9.33. The van der Waals surface area contributed by atoms with Crippen molar-refractivity contribution in [2.45, 2.75) is 51.6 Å². The van der Waals surface area contributed by atoms with Gasteiger partial charge in [-0.15, -0.1) is 0 Å².